The van der Waals surface area contributed by atoms with Crippen LogP contribution in [-0.4, -0.2) is 56.2 Å². The fraction of sp³-hybridized carbons (Fsp3) is 0.333. The highest BCUT2D eigenvalue weighted by Gasteiger charge is 2.27. The van der Waals surface area contributed by atoms with E-state index in [1.54, 1.807) is 12.1 Å². The molecule has 0 radical (unpaired) electrons. The fourth-order valence-electron chi connectivity index (χ4n) is 4.87. The van der Waals surface area contributed by atoms with Gasteiger partial charge in [-0.3, -0.25) is 9.69 Å². The van der Waals surface area contributed by atoms with Crippen LogP contribution in [0.4, 0.5) is 11.4 Å². The predicted molar refractivity (Wildman–Crippen MR) is 132 cm³/mol. The molecule has 5 rings (SSSR count). The van der Waals surface area contributed by atoms with Crippen LogP contribution in [0.2, 0.25) is 0 Å². The van der Waals surface area contributed by atoms with Crippen LogP contribution in [0.25, 0.3) is 5.57 Å². The number of piperazine rings is 1. The highest BCUT2D eigenvalue weighted by Crippen LogP contribution is 2.33. The number of nitrogens with zero attached hydrogens (tertiary/aromatic N) is 3. The number of hydrogen-bond donors (Lipinski definition) is 1. The topological polar surface area (TPSA) is 77.8 Å². The minimum atomic E-state index is -0.377. The van der Waals surface area contributed by atoms with E-state index in [0.29, 0.717) is 23.0 Å². The molecule has 7 heteroatoms. The van der Waals surface area contributed by atoms with Gasteiger partial charge in [-0.25, -0.2) is 0 Å². The normalized spacial score (nSPS) is 19.0. The number of fused-ring (bicyclic) bond motifs is 1. The van der Waals surface area contributed by atoms with Crippen LogP contribution in [0.5, 0.6) is 5.75 Å². The second-order valence-electron chi connectivity index (χ2n) is 8.80. The number of benzene rings is 2. The number of nitrogens with one attached hydrogen (secondary N) is 1. The lowest BCUT2D eigenvalue weighted by Crippen LogP contribution is -2.51. The Morgan fingerprint density at radius 2 is 1.85 bits per heavy atom. The zero-order chi connectivity index (χ0) is 23.5. The van der Waals surface area contributed by atoms with Gasteiger partial charge < -0.3 is 19.7 Å². The number of hydrogen-bond acceptors (Lipinski definition) is 6. The number of anilines is 2. The Balaban J connectivity index is 1.24. The summed E-state index contributed by atoms with van der Waals surface area (Å²) in [6.07, 6.45) is 3.82. The van der Waals surface area contributed by atoms with Crippen molar-refractivity contribution in [2.24, 2.45) is 0 Å². The smallest absolute Gasteiger partial charge is 0.291 e. The lowest BCUT2D eigenvalue weighted by Gasteiger charge is -2.41. The summed E-state index contributed by atoms with van der Waals surface area (Å²) < 4.78 is 11.3. The van der Waals surface area contributed by atoms with E-state index in [2.05, 4.69) is 27.8 Å². The van der Waals surface area contributed by atoms with Crippen LogP contribution < -0.4 is 15.0 Å². The van der Waals surface area contributed by atoms with Crippen LogP contribution in [-0.2, 0) is 9.53 Å². The van der Waals surface area contributed by atoms with Crippen LogP contribution in [0, 0.1) is 11.3 Å². The van der Waals surface area contributed by atoms with E-state index in [1.807, 2.05) is 36.4 Å². The maximum absolute atomic E-state index is 12.8. The van der Waals surface area contributed by atoms with Gasteiger partial charge in [-0.2, -0.15) is 5.26 Å². The monoisotopic (exact) mass is 456 g/mol. The van der Waals surface area contributed by atoms with Gasteiger partial charge in [0.2, 0.25) is 0 Å². The molecule has 7 nitrogen and oxygen atoms in total. The number of allylic oxidation sites excluding steroid dienone is 2. The van der Waals surface area contributed by atoms with Gasteiger partial charge in [-0.05, 0) is 48.8 Å². The van der Waals surface area contributed by atoms with Crippen LogP contribution in [0.1, 0.15) is 24.0 Å². The van der Waals surface area contributed by atoms with E-state index in [9.17, 15) is 10.1 Å². The number of ether oxygens (including phenoxy) is 2. The molecule has 0 saturated carbocycles. The van der Waals surface area contributed by atoms with Crippen molar-refractivity contribution in [3.8, 4) is 11.8 Å². The number of amides is 1. The van der Waals surface area contributed by atoms with E-state index in [-0.39, 0.29) is 11.7 Å². The van der Waals surface area contributed by atoms with Crippen molar-refractivity contribution < 1.29 is 14.3 Å². The first-order valence-corrected chi connectivity index (χ1v) is 11.7. The number of carbonyl (C=O) groups is 1. The molecule has 0 unspecified atom stereocenters. The van der Waals surface area contributed by atoms with Crippen molar-refractivity contribution in [2.75, 3.05) is 49.6 Å². The molecule has 3 aliphatic heterocycles. The van der Waals surface area contributed by atoms with Gasteiger partial charge in [0.1, 0.15) is 11.8 Å². The van der Waals surface area contributed by atoms with E-state index >= 15 is 0 Å². The SMILES string of the molecule is C=C1C=C(C(=O)Nc2ccc(N3CCN(C4CCOCC4)CC3)c(C#N)c2)Oc2ccccc21. The Hall–Kier alpha value is -3.60. The molecule has 2 aromatic rings. The summed E-state index contributed by atoms with van der Waals surface area (Å²) in [7, 11) is 0. The zero-order valence-corrected chi connectivity index (χ0v) is 19.1. The molecule has 2 fully saturated rings. The Morgan fingerprint density at radius 3 is 2.62 bits per heavy atom. The first-order valence-electron chi connectivity index (χ1n) is 11.7. The molecule has 2 saturated heterocycles. The van der Waals surface area contributed by atoms with Crippen molar-refractivity contribution in [1.29, 1.82) is 5.26 Å². The molecule has 3 aliphatic rings. The van der Waals surface area contributed by atoms with Crippen molar-refractivity contribution in [3.05, 3.63) is 72.0 Å². The second kappa shape index (κ2) is 9.72. The molecule has 2 aromatic carbocycles. The lowest BCUT2D eigenvalue weighted by molar-refractivity contribution is -0.114. The summed E-state index contributed by atoms with van der Waals surface area (Å²) in [5.74, 6) is 0.404. The quantitative estimate of drug-likeness (QED) is 0.754. The highest BCUT2D eigenvalue weighted by molar-refractivity contribution is 6.05. The molecule has 1 amide bonds. The first kappa shape index (κ1) is 22.2. The van der Waals surface area contributed by atoms with Crippen molar-refractivity contribution in [1.82, 2.24) is 4.90 Å². The first-order chi connectivity index (χ1) is 16.6. The minimum Gasteiger partial charge on any atom is -0.451 e. The molecule has 34 heavy (non-hydrogen) atoms. The fourth-order valence-corrected chi connectivity index (χ4v) is 4.87. The number of rotatable bonds is 4. The van der Waals surface area contributed by atoms with Gasteiger partial charge in [0.05, 0.1) is 11.3 Å². The minimum absolute atomic E-state index is 0.176. The molecule has 0 spiro atoms. The van der Waals surface area contributed by atoms with Gasteiger partial charge >= 0.3 is 0 Å². The van der Waals surface area contributed by atoms with Crippen LogP contribution in [0.15, 0.2) is 60.9 Å². The second-order valence-corrected chi connectivity index (χ2v) is 8.80. The van der Waals surface area contributed by atoms with Gasteiger partial charge in [0, 0.05) is 56.7 Å². The molecule has 0 aliphatic carbocycles. The summed E-state index contributed by atoms with van der Waals surface area (Å²) >= 11 is 0. The van der Waals surface area contributed by atoms with E-state index in [4.69, 9.17) is 9.47 Å². The van der Waals surface area contributed by atoms with E-state index in [1.165, 1.54) is 0 Å². The number of nitriles is 1. The summed E-state index contributed by atoms with van der Waals surface area (Å²) in [6.45, 7) is 9.42. The molecule has 174 valence electrons. The maximum Gasteiger partial charge on any atom is 0.291 e. The van der Waals surface area contributed by atoms with Gasteiger partial charge in [-0.1, -0.05) is 24.8 Å². The van der Waals surface area contributed by atoms with Crippen LogP contribution in [0.3, 0.4) is 0 Å². The zero-order valence-electron chi connectivity index (χ0n) is 19.1. The molecule has 0 atom stereocenters. The Labute approximate surface area is 199 Å². The van der Waals surface area contributed by atoms with Crippen molar-refractivity contribution in [3.63, 3.8) is 0 Å². The van der Waals surface area contributed by atoms with Crippen molar-refractivity contribution >= 4 is 22.9 Å². The average molecular weight is 457 g/mol. The third kappa shape index (κ3) is 4.56. The van der Waals surface area contributed by atoms with Crippen molar-refractivity contribution in [2.45, 2.75) is 18.9 Å². The summed E-state index contributed by atoms with van der Waals surface area (Å²) in [6, 6.07) is 15.9. The van der Waals surface area contributed by atoms with E-state index < -0.39 is 0 Å². The van der Waals surface area contributed by atoms with E-state index in [0.717, 1.165) is 69.1 Å². The molecular weight excluding hydrogens is 428 g/mol. The summed E-state index contributed by atoms with van der Waals surface area (Å²) in [5.41, 5.74) is 3.60. The Bertz CT molecular complexity index is 1170. The molecular formula is C27H28N4O3. The third-order valence-electron chi connectivity index (χ3n) is 6.72. The Kier molecular flexibility index (Phi) is 6.35. The summed E-state index contributed by atoms with van der Waals surface area (Å²) in [4.78, 5) is 17.6. The molecule has 3 heterocycles. The molecule has 0 aromatic heterocycles. The largest absolute Gasteiger partial charge is 0.451 e. The lowest BCUT2D eigenvalue weighted by atomic mass is 10.0. The average Bonchev–Trinajstić information content (AvgIpc) is 2.89. The van der Waals surface area contributed by atoms with Gasteiger partial charge in [0.15, 0.2) is 5.76 Å². The Morgan fingerprint density at radius 1 is 1.09 bits per heavy atom. The highest BCUT2D eigenvalue weighted by atomic mass is 16.5. The van der Waals surface area contributed by atoms with Crippen LogP contribution >= 0.6 is 0 Å². The molecule has 1 N–H and O–H groups in total. The molecule has 0 bridgehead atoms. The van der Waals surface area contributed by atoms with Gasteiger partial charge in [0.25, 0.3) is 5.91 Å². The maximum atomic E-state index is 12.8. The summed E-state index contributed by atoms with van der Waals surface area (Å²) in [5, 5.41) is 12.6. The number of para-hydroxylation sites is 1. The number of carbonyl (C=O) groups excluding carboxylic acids is 1. The van der Waals surface area contributed by atoms with Gasteiger partial charge in [-0.15, -0.1) is 0 Å². The standard InChI is InChI=1S/C27H28N4O3/c1-19-16-26(34-25-5-3-2-4-23(19)25)27(32)29-21-6-7-24(20(17-21)18-28)31-12-10-30(11-13-31)22-8-14-33-15-9-22/h2-7,16-17,22H,1,8-15H2,(H,29,32). The predicted octanol–water partition coefficient (Wildman–Crippen LogP) is 3.79. The third-order valence-corrected chi connectivity index (χ3v) is 6.72.